The molecule has 18 heavy (non-hydrogen) atoms. The van der Waals surface area contributed by atoms with Crippen LogP contribution >= 0.6 is 11.6 Å². The fourth-order valence-corrected chi connectivity index (χ4v) is 2.63. The average molecular weight is 269 g/mol. The van der Waals surface area contributed by atoms with Crippen LogP contribution in [0.2, 0.25) is 5.02 Å². The number of nitrogens with two attached hydrogens (primary N) is 1. The van der Waals surface area contributed by atoms with E-state index in [9.17, 15) is 0 Å². The van der Waals surface area contributed by atoms with Crippen molar-refractivity contribution in [3.63, 3.8) is 0 Å². The Kier molecular flexibility index (Phi) is 4.59. The van der Waals surface area contributed by atoms with Crippen LogP contribution in [0.1, 0.15) is 11.6 Å². The van der Waals surface area contributed by atoms with Gasteiger partial charge in [0.15, 0.2) is 0 Å². The third kappa shape index (κ3) is 3.02. The van der Waals surface area contributed by atoms with Crippen LogP contribution < -0.4 is 11.3 Å². The van der Waals surface area contributed by atoms with Crippen LogP contribution in [-0.2, 0) is 0 Å². The van der Waals surface area contributed by atoms with Crippen molar-refractivity contribution in [1.29, 1.82) is 0 Å². The van der Waals surface area contributed by atoms with Gasteiger partial charge in [-0.15, -0.1) is 0 Å². The highest BCUT2D eigenvalue weighted by Gasteiger charge is 2.30. The highest BCUT2D eigenvalue weighted by atomic mass is 35.5. The Labute approximate surface area is 114 Å². The zero-order chi connectivity index (χ0) is 13.1. The fraction of sp³-hybridized carbons (Fsp3) is 0.538. The number of rotatable bonds is 3. The zero-order valence-electron chi connectivity index (χ0n) is 10.9. The molecular weight excluding hydrogens is 248 g/mol. The van der Waals surface area contributed by atoms with Gasteiger partial charge in [-0.05, 0) is 31.8 Å². The molecule has 0 saturated carbocycles. The number of hydrogen-bond donors (Lipinski definition) is 2. The third-order valence-electron chi connectivity index (χ3n) is 3.69. The summed E-state index contributed by atoms with van der Waals surface area (Å²) >= 11 is 5.93. The number of hydrazine groups is 1. The van der Waals surface area contributed by atoms with E-state index in [0.717, 1.165) is 24.7 Å². The number of likely N-dealkylation sites (N-methyl/N-ethyl adjacent to an activating group) is 2. The molecule has 2 atom stereocenters. The van der Waals surface area contributed by atoms with Gasteiger partial charge in [0.05, 0.1) is 6.04 Å². The van der Waals surface area contributed by atoms with Gasteiger partial charge in [0.1, 0.15) is 0 Å². The van der Waals surface area contributed by atoms with Gasteiger partial charge < -0.3 is 4.90 Å². The van der Waals surface area contributed by atoms with Crippen molar-refractivity contribution in [1.82, 2.24) is 15.2 Å². The Morgan fingerprint density at radius 2 is 1.94 bits per heavy atom. The van der Waals surface area contributed by atoms with E-state index in [1.807, 2.05) is 24.3 Å². The molecule has 0 amide bonds. The smallest absolute Gasteiger partial charge is 0.0627 e. The van der Waals surface area contributed by atoms with Crippen molar-refractivity contribution in [2.75, 3.05) is 33.7 Å². The molecule has 0 spiro atoms. The zero-order valence-corrected chi connectivity index (χ0v) is 11.7. The molecule has 1 aromatic carbocycles. The van der Waals surface area contributed by atoms with E-state index in [-0.39, 0.29) is 6.04 Å². The predicted molar refractivity (Wildman–Crippen MR) is 75.4 cm³/mol. The number of benzene rings is 1. The number of nitrogens with zero attached hydrogens (tertiary/aromatic N) is 2. The quantitative estimate of drug-likeness (QED) is 0.636. The van der Waals surface area contributed by atoms with Crippen molar-refractivity contribution >= 4 is 11.6 Å². The van der Waals surface area contributed by atoms with E-state index in [1.54, 1.807) is 0 Å². The summed E-state index contributed by atoms with van der Waals surface area (Å²) in [5.41, 5.74) is 4.12. The van der Waals surface area contributed by atoms with Gasteiger partial charge in [-0.25, -0.2) is 0 Å². The fourth-order valence-electron chi connectivity index (χ4n) is 2.50. The first-order valence-corrected chi connectivity index (χ1v) is 6.60. The molecule has 0 aliphatic carbocycles. The maximum atomic E-state index is 5.93. The number of hydrogen-bond acceptors (Lipinski definition) is 4. The lowest BCUT2D eigenvalue weighted by atomic mass is 9.97. The van der Waals surface area contributed by atoms with Gasteiger partial charge in [0, 0.05) is 30.7 Å². The molecule has 5 heteroatoms. The molecule has 2 rings (SSSR count). The highest BCUT2D eigenvalue weighted by molar-refractivity contribution is 6.30. The second-order valence-electron chi connectivity index (χ2n) is 5.01. The summed E-state index contributed by atoms with van der Waals surface area (Å²) in [4.78, 5) is 4.70. The molecule has 1 aliphatic rings. The summed E-state index contributed by atoms with van der Waals surface area (Å²) < 4.78 is 0. The molecule has 1 aliphatic heterocycles. The van der Waals surface area contributed by atoms with Crippen molar-refractivity contribution < 1.29 is 0 Å². The molecule has 1 fully saturated rings. The van der Waals surface area contributed by atoms with Gasteiger partial charge in [-0.2, -0.15) is 0 Å². The van der Waals surface area contributed by atoms with Crippen LogP contribution in [-0.4, -0.2) is 49.6 Å². The van der Waals surface area contributed by atoms with Crippen molar-refractivity contribution in [3.8, 4) is 0 Å². The SMILES string of the molecule is CN1CCN(C)C(C(NN)c2ccc(Cl)cc2)C1. The lowest BCUT2D eigenvalue weighted by Gasteiger charge is -2.41. The minimum Gasteiger partial charge on any atom is -0.303 e. The Morgan fingerprint density at radius 1 is 1.28 bits per heavy atom. The second-order valence-corrected chi connectivity index (χ2v) is 5.44. The Hall–Kier alpha value is -0.650. The summed E-state index contributed by atoms with van der Waals surface area (Å²) in [6.07, 6.45) is 0. The normalized spacial score (nSPS) is 24.1. The number of nitrogens with one attached hydrogen (secondary N) is 1. The maximum Gasteiger partial charge on any atom is 0.0627 e. The number of halogens is 1. The van der Waals surface area contributed by atoms with Gasteiger partial charge in [0.25, 0.3) is 0 Å². The molecule has 100 valence electrons. The monoisotopic (exact) mass is 268 g/mol. The minimum atomic E-state index is 0.120. The van der Waals surface area contributed by atoms with Crippen molar-refractivity contribution in [3.05, 3.63) is 34.9 Å². The maximum absolute atomic E-state index is 5.93. The summed E-state index contributed by atoms with van der Waals surface area (Å²) in [5.74, 6) is 5.75. The molecule has 1 aromatic rings. The van der Waals surface area contributed by atoms with Crippen LogP contribution in [0.3, 0.4) is 0 Å². The highest BCUT2D eigenvalue weighted by Crippen LogP contribution is 2.23. The van der Waals surface area contributed by atoms with E-state index < -0.39 is 0 Å². The summed E-state index contributed by atoms with van der Waals surface area (Å²) in [6.45, 7) is 3.17. The van der Waals surface area contributed by atoms with E-state index in [1.165, 1.54) is 5.56 Å². The molecule has 3 N–H and O–H groups in total. The van der Waals surface area contributed by atoms with Crippen molar-refractivity contribution in [2.45, 2.75) is 12.1 Å². The van der Waals surface area contributed by atoms with Gasteiger partial charge >= 0.3 is 0 Å². The van der Waals surface area contributed by atoms with Crippen LogP contribution in [0.4, 0.5) is 0 Å². The largest absolute Gasteiger partial charge is 0.303 e. The Balaban J connectivity index is 2.19. The third-order valence-corrected chi connectivity index (χ3v) is 3.94. The minimum absolute atomic E-state index is 0.120. The lowest BCUT2D eigenvalue weighted by molar-refractivity contribution is 0.0876. The second kappa shape index (κ2) is 5.99. The Morgan fingerprint density at radius 3 is 2.56 bits per heavy atom. The molecule has 0 bridgehead atoms. The summed E-state index contributed by atoms with van der Waals surface area (Å²) in [7, 11) is 4.30. The first-order valence-electron chi connectivity index (χ1n) is 6.22. The van der Waals surface area contributed by atoms with Gasteiger partial charge in [-0.1, -0.05) is 23.7 Å². The molecule has 2 unspecified atom stereocenters. The number of piperazine rings is 1. The molecule has 0 aromatic heterocycles. The summed E-state index contributed by atoms with van der Waals surface area (Å²) in [6, 6.07) is 8.39. The topological polar surface area (TPSA) is 44.5 Å². The first-order chi connectivity index (χ1) is 8.61. The summed E-state index contributed by atoms with van der Waals surface area (Å²) in [5, 5.41) is 0.753. The van der Waals surface area contributed by atoms with E-state index in [4.69, 9.17) is 17.4 Å². The van der Waals surface area contributed by atoms with Gasteiger partial charge in [0.2, 0.25) is 0 Å². The van der Waals surface area contributed by atoms with Crippen LogP contribution in [0.25, 0.3) is 0 Å². The van der Waals surface area contributed by atoms with Crippen molar-refractivity contribution in [2.24, 2.45) is 5.84 Å². The Bertz CT molecular complexity index is 381. The van der Waals surface area contributed by atoms with Crippen LogP contribution in [0, 0.1) is 0 Å². The van der Waals surface area contributed by atoms with E-state index >= 15 is 0 Å². The molecule has 4 nitrogen and oxygen atoms in total. The first kappa shape index (κ1) is 13.8. The molecular formula is C13H21ClN4. The predicted octanol–water partition coefficient (Wildman–Crippen LogP) is 1.09. The average Bonchev–Trinajstić information content (AvgIpc) is 2.37. The molecule has 1 heterocycles. The molecule has 0 radical (unpaired) electrons. The van der Waals surface area contributed by atoms with Crippen LogP contribution in [0.5, 0.6) is 0 Å². The van der Waals surface area contributed by atoms with Crippen LogP contribution in [0.15, 0.2) is 24.3 Å². The standard InChI is InChI=1S/C13H21ClN4/c1-17-7-8-18(2)12(9-17)13(16-15)10-3-5-11(14)6-4-10/h3-6,12-13,16H,7-9,15H2,1-2H3. The molecule has 1 saturated heterocycles. The van der Waals surface area contributed by atoms with E-state index in [0.29, 0.717) is 6.04 Å². The van der Waals surface area contributed by atoms with E-state index in [2.05, 4.69) is 29.3 Å². The van der Waals surface area contributed by atoms with Gasteiger partial charge in [-0.3, -0.25) is 16.2 Å². The lowest BCUT2D eigenvalue weighted by Crippen LogP contribution is -2.56.